The average molecular weight is 341 g/mol. The quantitative estimate of drug-likeness (QED) is 0.860. The summed E-state index contributed by atoms with van der Waals surface area (Å²) >= 11 is 3.26. The summed E-state index contributed by atoms with van der Waals surface area (Å²) in [6, 6.07) is 4.04. The van der Waals surface area contributed by atoms with Gasteiger partial charge in [0.2, 0.25) is 0 Å². The van der Waals surface area contributed by atoms with Gasteiger partial charge in [-0.1, -0.05) is 15.9 Å². The first-order valence-corrected chi connectivity index (χ1v) is 7.29. The van der Waals surface area contributed by atoms with E-state index in [9.17, 15) is 14.0 Å². The lowest BCUT2D eigenvalue weighted by molar-refractivity contribution is -0.131. The third kappa shape index (κ3) is 2.12. The van der Waals surface area contributed by atoms with Gasteiger partial charge in [-0.15, -0.1) is 0 Å². The summed E-state index contributed by atoms with van der Waals surface area (Å²) in [5, 5.41) is 2.75. The van der Waals surface area contributed by atoms with Crippen LogP contribution in [0.1, 0.15) is 25.3 Å². The van der Waals surface area contributed by atoms with E-state index in [1.54, 1.807) is 19.1 Å². The van der Waals surface area contributed by atoms with E-state index in [4.69, 9.17) is 0 Å². The van der Waals surface area contributed by atoms with Gasteiger partial charge in [-0.25, -0.2) is 9.18 Å². The van der Waals surface area contributed by atoms with Gasteiger partial charge in [0.05, 0.1) is 6.54 Å². The van der Waals surface area contributed by atoms with Gasteiger partial charge in [-0.2, -0.15) is 0 Å². The summed E-state index contributed by atoms with van der Waals surface area (Å²) in [7, 11) is 0. The van der Waals surface area contributed by atoms with Gasteiger partial charge in [-0.3, -0.25) is 9.69 Å². The second-order valence-corrected chi connectivity index (χ2v) is 6.45. The highest BCUT2D eigenvalue weighted by molar-refractivity contribution is 9.10. The Bertz CT molecular complexity index is 603. The van der Waals surface area contributed by atoms with Crippen molar-refractivity contribution < 1.29 is 14.0 Å². The van der Waals surface area contributed by atoms with E-state index in [0.29, 0.717) is 10.0 Å². The Morgan fingerprint density at radius 3 is 2.80 bits per heavy atom. The number of urea groups is 1. The minimum Gasteiger partial charge on any atom is -0.323 e. The van der Waals surface area contributed by atoms with Crippen molar-refractivity contribution in [2.45, 2.75) is 31.8 Å². The van der Waals surface area contributed by atoms with Crippen molar-refractivity contribution in [3.05, 3.63) is 34.1 Å². The molecule has 2 fully saturated rings. The molecule has 1 saturated carbocycles. The molecule has 1 heterocycles. The SMILES string of the molecule is C[C@]1(C2CC2)NC(=O)N(Cc2cc(Br)ccc2F)C1=O. The zero-order chi connectivity index (χ0) is 14.5. The minimum absolute atomic E-state index is 0.0434. The molecular weight excluding hydrogens is 327 g/mol. The summed E-state index contributed by atoms with van der Waals surface area (Å²) < 4.78 is 14.5. The molecule has 1 aromatic rings. The highest BCUT2D eigenvalue weighted by Crippen LogP contribution is 2.42. The number of nitrogens with one attached hydrogen (secondary N) is 1. The van der Waals surface area contributed by atoms with Crippen molar-refractivity contribution in [1.82, 2.24) is 10.2 Å². The third-order valence-corrected chi connectivity index (χ3v) is 4.52. The average Bonchev–Trinajstić information content (AvgIpc) is 3.20. The van der Waals surface area contributed by atoms with Crippen molar-refractivity contribution in [3.63, 3.8) is 0 Å². The Morgan fingerprint density at radius 2 is 2.15 bits per heavy atom. The number of nitrogens with zero attached hydrogens (tertiary/aromatic N) is 1. The molecule has 6 heteroatoms. The molecule has 1 N–H and O–H groups in total. The lowest BCUT2D eigenvalue weighted by Crippen LogP contribution is -2.46. The van der Waals surface area contributed by atoms with Gasteiger partial charge < -0.3 is 5.32 Å². The molecule has 0 bridgehead atoms. The number of halogens is 2. The van der Waals surface area contributed by atoms with Gasteiger partial charge in [0, 0.05) is 10.0 Å². The first-order valence-electron chi connectivity index (χ1n) is 6.50. The first kappa shape index (κ1) is 13.5. The molecule has 1 saturated heterocycles. The maximum atomic E-state index is 13.8. The fraction of sp³-hybridized carbons (Fsp3) is 0.429. The Labute approximate surface area is 124 Å². The molecule has 0 spiro atoms. The largest absolute Gasteiger partial charge is 0.325 e. The predicted octanol–water partition coefficient (Wildman–Crippen LogP) is 2.81. The van der Waals surface area contributed by atoms with Crippen LogP contribution in [0.15, 0.2) is 22.7 Å². The van der Waals surface area contributed by atoms with Crippen LogP contribution in [0.25, 0.3) is 0 Å². The van der Waals surface area contributed by atoms with Crippen LogP contribution in [-0.2, 0) is 11.3 Å². The van der Waals surface area contributed by atoms with Crippen molar-refractivity contribution in [2.75, 3.05) is 0 Å². The lowest BCUT2D eigenvalue weighted by Gasteiger charge is -2.21. The molecule has 0 aromatic heterocycles. The number of rotatable bonds is 3. The molecule has 0 radical (unpaired) electrons. The monoisotopic (exact) mass is 340 g/mol. The third-order valence-electron chi connectivity index (χ3n) is 4.03. The highest BCUT2D eigenvalue weighted by Gasteiger charge is 2.55. The van der Waals surface area contributed by atoms with Gasteiger partial charge in [-0.05, 0) is 43.9 Å². The molecule has 1 aliphatic heterocycles. The Balaban J connectivity index is 1.85. The molecule has 1 aliphatic carbocycles. The number of imide groups is 1. The molecular formula is C14H14BrFN2O2. The number of benzene rings is 1. The van der Waals surface area contributed by atoms with E-state index in [2.05, 4.69) is 21.2 Å². The van der Waals surface area contributed by atoms with E-state index in [1.165, 1.54) is 6.07 Å². The van der Waals surface area contributed by atoms with Crippen LogP contribution in [-0.4, -0.2) is 22.4 Å². The standard InChI is InChI=1S/C14H14BrFN2O2/c1-14(9-2-3-9)12(19)18(13(20)17-14)7-8-6-10(15)4-5-11(8)16/h4-6,9H,2-3,7H2,1H3,(H,17,20)/t14-/m1/s1. The van der Waals surface area contributed by atoms with Crippen LogP contribution in [0.3, 0.4) is 0 Å². The van der Waals surface area contributed by atoms with Gasteiger partial charge in [0.15, 0.2) is 0 Å². The summed E-state index contributed by atoms with van der Waals surface area (Å²) in [5.74, 6) is -0.477. The smallest absolute Gasteiger partial charge is 0.323 e. The van der Waals surface area contributed by atoms with Crippen LogP contribution in [0.2, 0.25) is 0 Å². The van der Waals surface area contributed by atoms with Crippen molar-refractivity contribution in [2.24, 2.45) is 5.92 Å². The van der Waals surface area contributed by atoms with E-state index >= 15 is 0 Å². The van der Waals surface area contributed by atoms with Crippen LogP contribution in [0, 0.1) is 11.7 Å². The number of hydrogen-bond donors (Lipinski definition) is 1. The number of carbonyl (C=O) groups excluding carboxylic acids is 2. The summed E-state index contributed by atoms with van der Waals surface area (Å²) in [4.78, 5) is 25.5. The summed E-state index contributed by atoms with van der Waals surface area (Å²) in [6.45, 7) is 1.71. The number of carbonyl (C=O) groups is 2. The van der Waals surface area contributed by atoms with E-state index in [-0.39, 0.29) is 18.4 Å². The molecule has 4 nitrogen and oxygen atoms in total. The zero-order valence-electron chi connectivity index (χ0n) is 11.0. The van der Waals surface area contributed by atoms with Crippen LogP contribution < -0.4 is 5.32 Å². The Kier molecular flexibility index (Phi) is 3.08. The van der Waals surface area contributed by atoms with Gasteiger partial charge >= 0.3 is 6.03 Å². The molecule has 106 valence electrons. The Hall–Kier alpha value is -1.43. The van der Waals surface area contributed by atoms with Crippen LogP contribution >= 0.6 is 15.9 Å². The number of hydrogen-bond acceptors (Lipinski definition) is 2. The second-order valence-electron chi connectivity index (χ2n) is 5.53. The number of amides is 3. The second kappa shape index (κ2) is 4.55. The fourth-order valence-electron chi connectivity index (χ4n) is 2.63. The van der Waals surface area contributed by atoms with Crippen molar-refractivity contribution in [3.8, 4) is 0 Å². The van der Waals surface area contributed by atoms with E-state index in [0.717, 1.165) is 17.7 Å². The van der Waals surface area contributed by atoms with Gasteiger partial charge in [0.25, 0.3) is 5.91 Å². The van der Waals surface area contributed by atoms with E-state index < -0.39 is 17.4 Å². The molecule has 1 atom stereocenters. The summed E-state index contributed by atoms with van der Waals surface area (Å²) in [5.41, 5.74) is -0.498. The molecule has 2 aliphatic rings. The molecule has 1 aromatic carbocycles. The minimum atomic E-state index is -0.820. The first-order chi connectivity index (χ1) is 9.41. The zero-order valence-corrected chi connectivity index (χ0v) is 12.5. The maximum Gasteiger partial charge on any atom is 0.325 e. The lowest BCUT2D eigenvalue weighted by atomic mass is 9.96. The molecule has 0 unspecified atom stereocenters. The van der Waals surface area contributed by atoms with Crippen LogP contribution in [0.5, 0.6) is 0 Å². The topological polar surface area (TPSA) is 49.4 Å². The highest BCUT2D eigenvalue weighted by atomic mass is 79.9. The molecule has 3 amide bonds. The maximum absolute atomic E-state index is 13.8. The normalized spacial score (nSPS) is 26.1. The fourth-order valence-corrected chi connectivity index (χ4v) is 3.04. The molecule has 3 rings (SSSR count). The summed E-state index contributed by atoms with van der Waals surface area (Å²) in [6.07, 6.45) is 1.89. The molecule has 20 heavy (non-hydrogen) atoms. The van der Waals surface area contributed by atoms with E-state index in [1.807, 2.05) is 0 Å². The predicted molar refractivity (Wildman–Crippen MR) is 74.3 cm³/mol. The Morgan fingerprint density at radius 1 is 1.45 bits per heavy atom. The van der Waals surface area contributed by atoms with Gasteiger partial charge in [0.1, 0.15) is 11.4 Å². The van der Waals surface area contributed by atoms with Crippen molar-refractivity contribution in [1.29, 1.82) is 0 Å². The van der Waals surface area contributed by atoms with Crippen LogP contribution in [0.4, 0.5) is 9.18 Å². The van der Waals surface area contributed by atoms with Crippen molar-refractivity contribution >= 4 is 27.9 Å².